The number of halogens is 3. The molecule has 0 aliphatic heterocycles. The highest BCUT2D eigenvalue weighted by Gasteiger charge is 2.29. The number of amides is 1. The number of para-hydroxylation sites is 1. The molecule has 0 unspecified atom stereocenters. The SMILES string of the molecule is Cc1ccc(S(=O)(=O)N(CC(=O)Nc2c(Cl)cccc2Cl)c2cc(Cl)ccc2C)cc1. The van der Waals surface area contributed by atoms with E-state index in [2.05, 4.69) is 5.32 Å². The largest absolute Gasteiger partial charge is 0.322 e. The van der Waals surface area contributed by atoms with Crippen molar-refractivity contribution in [3.05, 3.63) is 86.9 Å². The Kier molecular flexibility index (Phi) is 7.17. The number of benzene rings is 3. The van der Waals surface area contributed by atoms with E-state index >= 15 is 0 Å². The van der Waals surface area contributed by atoms with Crippen LogP contribution in [0.25, 0.3) is 0 Å². The molecule has 0 atom stereocenters. The average Bonchev–Trinajstić information content (AvgIpc) is 2.71. The third kappa shape index (κ3) is 5.33. The molecule has 0 saturated heterocycles. The van der Waals surface area contributed by atoms with Crippen LogP contribution in [0.2, 0.25) is 15.1 Å². The number of hydrogen-bond donors (Lipinski definition) is 1. The molecule has 3 aromatic carbocycles. The van der Waals surface area contributed by atoms with Crippen molar-refractivity contribution in [1.29, 1.82) is 0 Å². The van der Waals surface area contributed by atoms with Crippen molar-refractivity contribution in [1.82, 2.24) is 0 Å². The van der Waals surface area contributed by atoms with Gasteiger partial charge in [0, 0.05) is 5.02 Å². The second-order valence-electron chi connectivity index (χ2n) is 6.90. The Balaban J connectivity index is 2.03. The van der Waals surface area contributed by atoms with Gasteiger partial charge in [0.1, 0.15) is 6.54 Å². The summed E-state index contributed by atoms with van der Waals surface area (Å²) in [5.74, 6) is -0.606. The van der Waals surface area contributed by atoms with Gasteiger partial charge in [-0.25, -0.2) is 8.42 Å². The molecule has 0 aliphatic carbocycles. The van der Waals surface area contributed by atoms with Crippen LogP contribution in [0, 0.1) is 13.8 Å². The molecule has 0 radical (unpaired) electrons. The summed E-state index contributed by atoms with van der Waals surface area (Å²) in [5.41, 5.74) is 2.07. The maximum atomic E-state index is 13.5. The van der Waals surface area contributed by atoms with Gasteiger partial charge in [-0.05, 0) is 55.8 Å². The third-order valence-corrected chi connectivity index (χ3v) is 7.20. The fourth-order valence-corrected chi connectivity index (χ4v) is 5.05. The monoisotopic (exact) mass is 496 g/mol. The lowest BCUT2D eigenvalue weighted by atomic mass is 10.2. The highest BCUT2D eigenvalue weighted by atomic mass is 35.5. The topological polar surface area (TPSA) is 66.5 Å². The van der Waals surface area contributed by atoms with Gasteiger partial charge in [0.05, 0.1) is 26.3 Å². The Morgan fingerprint density at radius 3 is 2.16 bits per heavy atom. The number of carbonyl (C=O) groups is 1. The summed E-state index contributed by atoms with van der Waals surface area (Å²) in [6.07, 6.45) is 0. The summed E-state index contributed by atoms with van der Waals surface area (Å²) in [6, 6.07) is 16.0. The number of nitrogens with one attached hydrogen (secondary N) is 1. The van der Waals surface area contributed by atoms with Gasteiger partial charge in [-0.3, -0.25) is 9.10 Å². The van der Waals surface area contributed by atoms with Crippen LogP contribution in [-0.2, 0) is 14.8 Å². The molecule has 5 nitrogen and oxygen atoms in total. The molecular formula is C22H19Cl3N2O3S. The lowest BCUT2D eigenvalue weighted by molar-refractivity contribution is -0.114. The van der Waals surface area contributed by atoms with Crippen LogP contribution in [0.4, 0.5) is 11.4 Å². The quantitative estimate of drug-likeness (QED) is 0.447. The first-order valence-corrected chi connectivity index (χ1v) is 11.8. The number of hydrogen-bond acceptors (Lipinski definition) is 3. The van der Waals surface area contributed by atoms with Crippen LogP contribution in [0.15, 0.2) is 65.6 Å². The van der Waals surface area contributed by atoms with Crippen molar-refractivity contribution in [2.45, 2.75) is 18.7 Å². The fourth-order valence-electron chi connectivity index (χ4n) is 2.91. The number of nitrogens with zero attached hydrogens (tertiary/aromatic N) is 1. The molecule has 0 fully saturated rings. The van der Waals surface area contributed by atoms with E-state index in [0.29, 0.717) is 16.3 Å². The molecule has 0 spiro atoms. The number of carbonyl (C=O) groups excluding carboxylic acids is 1. The molecule has 9 heteroatoms. The Morgan fingerprint density at radius 1 is 0.935 bits per heavy atom. The first-order valence-electron chi connectivity index (χ1n) is 9.19. The van der Waals surface area contributed by atoms with Crippen LogP contribution in [0.3, 0.4) is 0 Å². The molecule has 0 heterocycles. The second kappa shape index (κ2) is 9.49. The smallest absolute Gasteiger partial charge is 0.264 e. The zero-order valence-electron chi connectivity index (χ0n) is 16.7. The van der Waals surface area contributed by atoms with Crippen molar-refractivity contribution in [3.8, 4) is 0 Å². The lowest BCUT2D eigenvalue weighted by Gasteiger charge is -2.26. The minimum atomic E-state index is -4.07. The van der Waals surface area contributed by atoms with E-state index in [-0.39, 0.29) is 20.6 Å². The molecule has 1 amide bonds. The van der Waals surface area contributed by atoms with Crippen molar-refractivity contribution in [2.24, 2.45) is 0 Å². The summed E-state index contributed by atoms with van der Waals surface area (Å²) in [5, 5.41) is 3.44. The Labute approximate surface area is 196 Å². The van der Waals surface area contributed by atoms with Crippen LogP contribution < -0.4 is 9.62 Å². The molecule has 3 aromatic rings. The standard InChI is InChI=1S/C22H19Cl3N2O3S/c1-14-6-10-17(11-7-14)31(29,30)27(20-12-16(23)9-8-15(20)2)13-21(28)26-22-18(24)4-3-5-19(22)25/h3-12H,13H2,1-2H3,(H,26,28). The average molecular weight is 498 g/mol. The van der Waals surface area contributed by atoms with Crippen LogP contribution >= 0.6 is 34.8 Å². The van der Waals surface area contributed by atoms with E-state index in [1.54, 1.807) is 49.4 Å². The van der Waals surface area contributed by atoms with Gasteiger partial charge in [0.15, 0.2) is 0 Å². The van der Waals surface area contributed by atoms with Crippen molar-refractivity contribution in [3.63, 3.8) is 0 Å². The van der Waals surface area contributed by atoms with Crippen LogP contribution in [-0.4, -0.2) is 20.9 Å². The highest BCUT2D eigenvalue weighted by Crippen LogP contribution is 2.32. The molecule has 162 valence electrons. The summed E-state index contributed by atoms with van der Waals surface area (Å²) in [4.78, 5) is 12.9. The predicted molar refractivity (Wildman–Crippen MR) is 127 cm³/mol. The van der Waals surface area contributed by atoms with Crippen LogP contribution in [0.5, 0.6) is 0 Å². The molecule has 31 heavy (non-hydrogen) atoms. The molecule has 0 aliphatic rings. The summed E-state index contributed by atoms with van der Waals surface area (Å²) < 4.78 is 28.0. The Bertz CT molecular complexity index is 1210. The van der Waals surface area contributed by atoms with Gasteiger partial charge in [0.25, 0.3) is 10.0 Å². The summed E-state index contributed by atoms with van der Waals surface area (Å²) in [7, 11) is -4.07. The van der Waals surface area contributed by atoms with Crippen LogP contribution in [0.1, 0.15) is 11.1 Å². The molecule has 0 bridgehead atoms. The Morgan fingerprint density at radius 2 is 1.55 bits per heavy atom. The van der Waals surface area contributed by atoms with Gasteiger partial charge in [-0.2, -0.15) is 0 Å². The normalized spacial score (nSPS) is 11.3. The number of aryl methyl sites for hydroxylation is 2. The third-order valence-electron chi connectivity index (χ3n) is 4.56. The van der Waals surface area contributed by atoms with Crippen molar-refractivity contribution < 1.29 is 13.2 Å². The maximum absolute atomic E-state index is 13.5. The first kappa shape index (κ1) is 23.4. The fraction of sp³-hybridized carbons (Fsp3) is 0.136. The number of sulfonamides is 1. The van der Waals surface area contributed by atoms with Gasteiger partial charge in [0.2, 0.25) is 5.91 Å². The summed E-state index contributed by atoms with van der Waals surface area (Å²) in [6.45, 7) is 3.10. The second-order valence-corrected chi connectivity index (χ2v) is 10.0. The number of rotatable bonds is 6. The van der Waals surface area contributed by atoms with Crippen molar-refractivity contribution in [2.75, 3.05) is 16.2 Å². The zero-order valence-corrected chi connectivity index (χ0v) is 19.8. The van der Waals surface area contributed by atoms with E-state index in [4.69, 9.17) is 34.8 Å². The minimum Gasteiger partial charge on any atom is -0.322 e. The van der Waals surface area contributed by atoms with Gasteiger partial charge >= 0.3 is 0 Å². The lowest BCUT2D eigenvalue weighted by Crippen LogP contribution is -2.38. The molecule has 3 rings (SSSR count). The zero-order chi connectivity index (χ0) is 22.8. The number of anilines is 2. The first-order chi connectivity index (χ1) is 14.6. The molecule has 0 saturated carbocycles. The van der Waals surface area contributed by atoms with Gasteiger partial charge in [-0.1, -0.05) is 64.6 Å². The van der Waals surface area contributed by atoms with E-state index in [0.717, 1.165) is 9.87 Å². The predicted octanol–water partition coefficient (Wildman–Crippen LogP) is 6.10. The summed E-state index contributed by atoms with van der Waals surface area (Å²) >= 11 is 18.4. The molecule has 1 N–H and O–H groups in total. The van der Waals surface area contributed by atoms with E-state index in [1.807, 2.05) is 6.92 Å². The highest BCUT2D eigenvalue weighted by molar-refractivity contribution is 7.92. The minimum absolute atomic E-state index is 0.0565. The maximum Gasteiger partial charge on any atom is 0.264 e. The Hall–Kier alpha value is -2.25. The van der Waals surface area contributed by atoms with E-state index in [1.165, 1.54) is 18.2 Å². The van der Waals surface area contributed by atoms with E-state index in [9.17, 15) is 13.2 Å². The molecule has 0 aromatic heterocycles. The van der Waals surface area contributed by atoms with Gasteiger partial charge < -0.3 is 5.32 Å². The van der Waals surface area contributed by atoms with E-state index < -0.39 is 22.5 Å². The molecular weight excluding hydrogens is 479 g/mol. The van der Waals surface area contributed by atoms with Gasteiger partial charge in [-0.15, -0.1) is 0 Å². The van der Waals surface area contributed by atoms with Crippen molar-refractivity contribution >= 4 is 62.1 Å².